The van der Waals surface area contributed by atoms with Gasteiger partial charge >= 0.3 is 0 Å². The summed E-state index contributed by atoms with van der Waals surface area (Å²) in [4.78, 5) is 0. The Morgan fingerprint density at radius 3 is 2.79 bits per heavy atom. The van der Waals surface area contributed by atoms with Crippen LogP contribution in [-0.4, -0.2) is 0 Å². The molecule has 0 aromatic rings. The average molecular weight is 190 g/mol. The molecule has 0 radical (unpaired) electrons. The van der Waals surface area contributed by atoms with Crippen molar-refractivity contribution in [2.24, 2.45) is 5.92 Å². The van der Waals surface area contributed by atoms with Crippen molar-refractivity contribution in [3.63, 3.8) is 0 Å². The van der Waals surface area contributed by atoms with Crippen molar-refractivity contribution >= 4 is 0 Å². The van der Waals surface area contributed by atoms with Crippen LogP contribution in [0.25, 0.3) is 0 Å². The maximum absolute atomic E-state index is 3.88. The summed E-state index contributed by atoms with van der Waals surface area (Å²) in [6.07, 6.45) is 13.1. The Kier molecular flexibility index (Phi) is 4.72. The van der Waals surface area contributed by atoms with Gasteiger partial charge in [-0.15, -0.1) is 6.58 Å². The minimum absolute atomic E-state index is 0.581. The standard InChI is InChI=1S/C14H22/c1-4-7-8-14-11-12(5-2)9-10-13(14)6-3/h5,10-12H,2,4,6-9H2,1,3H3. The largest absolute Gasteiger partial charge is 0.102 e. The van der Waals surface area contributed by atoms with Crippen LogP contribution < -0.4 is 0 Å². The lowest BCUT2D eigenvalue weighted by molar-refractivity contribution is 0.737. The molecule has 1 aliphatic carbocycles. The molecule has 0 bridgehead atoms. The van der Waals surface area contributed by atoms with Crippen LogP contribution in [0.3, 0.4) is 0 Å². The van der Waals surface area contributed by atoms with E-state index in [0.717, 1.165) is 6.42 Å². The summed E-state index contributed by atoms with van der Waals surface area (Å²) in [5.41, 5.74) is 3.14. The molecule has 0 fully saturated rings. The molecular weight excluding hydrogens is 168 g/mol. The quantitative estimate of drug-likeness (QED) is 0.554. The van der Waals surface area contributed by atoms with Crippen LogP contribution in [0.5, 0.6) is 0 Å². The smallest absolute Gasteiger partial charge is 0.00155 e. The van der Waals surface area contributed by atoms with Crippen molar-refractivity contribution in [2.45, 2.75) is 46.0 Å². The van der Waals surface area contributed by atoms with Crippen LogP contribution in [0, 0.1) is 5.92 Å². The number of rotatable bonds is 5. The second kappa shape index (κ2) is 5.85. The maximum Gasteiger partial charge on any atom is -0.00155 e. The summed E-state index contributed by atoms with van der Waals surface area (Å²) < 4.78 is 0. The second-order valence-electron chi connectivity index (χ2n) is 4.01. The first kappa shape index (κ1) is 11.3. The predicted molar refractivity (Wildman–Crippen MR) is 64.3 cm³/mol. The van der Waals surface area contributed by atoms with Crippen LogP contribution >= 0.6 is 0 Å². The maximum atomic E-state index is 3.88. The highest BCUT2D eigenvalue weighted by molar-refractivity contribution is 5.35. The van der Waals surface area contributed by atoms with Gasteiger partial charge in [0.05, 0.1) is 0 Å². The Morgan fingerprint density at radius 2 is 2.21 bits per heavy atom. The predicted octanol–water partition coefficient (Wildman–Crippen LogP) is 4.65. The van der Waals surface area contributed by atoms with Crippen molar-refractivity contribution in [1.82, 2.24) is 0 Å². The number of hydrogen-bond acceptors (Lipinski definition) is 0. The topological polar surface area (TPSA) is 0 Å². The highest BCUT2D eigenvalue weighted by Crippen LogP contribution is 2.28. The number of allylic oxidation sites excluding steroid dienone is 5. The highest BCUT2D eigenvalue weighted by atomic mass is 14.2. The third-order valence-electron chi connectivity index (χ3n) is 2.95. The fraction of sp³-hybridized carbons (Fsp3) is 0.571. The van der Waals surface area contributed by atoms with Crippen molar-refractivity contribution in [2.75, 3.05) is 0 Å². The number of hydrogen-bond donors (Lipinski definition) is 0. The Morgan fingerprint density at radius 1 is 1.43 bits per heavy atom. The summed E-state index contributed by atoms with van der Waals surface area (Å²) in [5.74, 6) is 0.581. The SMILES string of the molecule is C=CC1C=C(CCCC)C(CC)=CC1. The van der Waals surface area contributed by atoms with E-state index in [1.807, 2.05) is 0 Å². The van der Waals surface area contributed by atoms with Crippen LogP contribution in [0.1, 0.15) is 46.0 Å². The number of unbranched alkanes of at least 4 members (excludes halogenated alkanes) is 1. The Labute approximate surface area is 88.4 Å². The van der Waals surface area contributed by atoms with Crippen LogP contribution in [0.2, 0.25) is 0 Å². The molecule has 1 unspecified atom stereocenters. The van der Waals surface area contributed by atoms with Gasteiger partial charge < -0.3 is 0 Å². The Bertz CT molecular complexity index is 243. The first-order valence-electron chi connectivity index (χ1n) is 5.84. The zero-order valence-electron chi connectivity index (χ0n) is 9.55. The molecule has 0 heterocycles. The fourth-order valence-electron chi connectivity index (χ4n) is 1.99. The van der Waals surface area contributed by atoms with E-state index in [1.165, 1.54) is 25.7 Å². The lowest BCUT2D eigenvalue weighted by Gasteiger charge is -2.19. The first-order valence-corrected chi connectivity index (χ1v) is 5.84. The zero-order valence-corrected chi connectivity index (χ0v) is 9.55. The zero-order chi connectivity index (χ0) is 10.4. The van der Waals surface area contributed by atoms with E-state index in [0.29, 0.717) is 5.92 Å². The van der Waals surface area contributed by atoms with Crippen LogP contribution in [0.4, 0.5) is 0 Å². The lowest BCUT2D eigenvalue weighted by atomic mass is 9.87. The van der Waals surface area contributed by atoms with E-state index < -0.39 is 0 Å². The van der Waals surface area contributed by atoms with Crippen LogP contribution in [0.15, 0.2) is 36.0 Å². The van der Waals surface area contributed by atoms with Gasteiger partial charge in [-0.2, -0.15) is 0 Å². The molecule has 1 atom stereocenters. The summed E-state index contributed by atoms with van der Waals surface area (Å²) in [7, 11) is 0. The normalized spacial score (nSPS) is 21.4. The molecule has 0 aromatic heterocycles. The van der Waals surface area contributed by atoms with Gasteiger partial charge in [-0.05, 0) is 42.7 Å². The van der Waals surface area contributed by atoms with Gasteiger partial charge in [0, 0.05) is 0 Å². The van der Waals surface area contributed by atoms with Crippen molar-refractivity contribution in [3.05, 3.63) is 36.0 Å². The van der Waals surface area contributed by atoms with Gasteiger partial charge in [0.1, 0.15) is 0 Å². The highest BCUT2D eigenvalue weighted by Gasteiger charge is 2.11. The third kappa shape index (κ3) is 2.87. The van der Waals surface area contributed by atoms with Crippen molar-refractivity contribution < 1.29 is 0 Å². The third-order valence-corrected chi connectivity index (χ3v) is 2.95. The fourth-order valence-corrected chi connectivity index (χ4v) is 1.99. The molecule has 0 saturated heterocycles. The molecule has 0 amide bonds. The minimum atomic E-state index is 0.581. The Hall–Kier alpha value is -0.780. The minimum Gasteiger partial charge on any atom is -0.102 e. The molecule has 0 heteroatoms. The van der Waals surface area contributed by atoms with E-state index in [2.05, 4.69) is 38.7 Å². The molecule has 1 rings (SSSR count). The Balaban J connectivity index is 2.67. The summed E-state index contributed by atoms with van der Waals surface area (Å²) >= 11 is 0. The summed E-state index contributed by atoms with van der Waals surface area (Å²) in [6, 6.07) is 0. The molecule has 0 N–H and O–H groups in total. The molecule has 0 aromatic carbocycles. The van der Waals surface area contributed by atoms with Gasteiger partial charge in [0.15, 0.2) is 0 Å². The van der Waals surface area contributed by atoms with Gasteiger partial charge in [-0.25, -0.2) is 0 Å². The molecule has 0 spiro atoms. The van der Waals surface area contributed by atoms with Gasteiger partial charge in [0.25, 0.3) is 0 Å². The molecular formula is C14H22. The van der Waals surface area contributed by atoms with Gasteiger partial charge in [-0.3, -0.25) is 0 Å². The van der Waals surface area contributed by atoms with E-state index in [1.54, 1.807) is 11.1 Å². The molecule has 14 heavy (non-hydrogen) atoms. The molecule has 0 saturated carbocycles. The van der Waals surface area contributed by atoms with E-state index in [9.17, 15) is 0 Å². The molecule has 78 valence electrons. The van der Waals surface area contributed by atoms with E-state index in [-0.39, 0.29) is 0 Å². The lowest BCUT2D eigenvalue weighted by Crippen LogP contribution is -2.02. The first-order chi connectivity index (χ1) is 6.81. The molecule has 0 nitrogen and oxygen atoms in total. The van der Waals surface area contributed by atoms with Gasteiger partial charge in [0.2, 0.25) is 0 Å². The van der Waals surface area contributed by atoms with E-state index in [4.69, 9.17) is 0 Å². The van der Waals surface area contributed by atoms with Crippen molar-refractivity contribution in [1.29, 1.82) is 0 Å². The van der Waals surface area contributed by atoms with Crippen LogP contribution in [-0.2, 0) is 0 Å². The molecule has 1 aliphatic rings. The second-order valence-corrected chi connectivity index (χ2v) is 4.01. The molecule has 0 aliphatic heterocycles. The summed E-state index contributed by atoms with van der Waals surface area (Å²) in [6.45, 7) is 8.38. The summed E-state index contributed by atoms with van der Waals surface area (Å²) in [5, 5.41) is 0. The average Bonchev–Trinajstić information content (AvgIpc) is 2.25. The van der Waals surface area contributed by atoms with Crippen molar-refractivity contribution in [3.8, 4) is 0 Å². The monoisotopic (exact) mass is 190 g/mol. The van der Waals surface area contributed by atoms with Gasteiger partial charge in [-0.1, -0.05) is 38.5 Å². The van der Waals surface area contributed by atoms with E-state index >= 15 is 0 Å².